The van der Waals surface area contributed by atoms with Crippen molar-refractivity contribution in [2.24, 2.45) is 0 Å². The Bertz CT molecular complexity index is 422. The van der Waals surface area contributed by atoms with Crippen LogP contribution < -0.4 is 4.74 Å². The topological polar surface area (TPSA) is 12.5 Å². The van der Waals surface area contributed by atoms with E-state index in [1.807, 2.05) is 11.8 Å². The third-order valence-corrected chi connectivity index (χ3v) is 4.26. The van der Waals surface area contributed by atoms with Crippen molar-refractivity contribution >= 4 is 11.8 Å². The molecule has 0 fully saturated rings. The van der Waals surface area contributed by atoms with Crippen molar-refractivity contribution in [1.29, 1.82) is 0 Å². The third-order valence-electron chi connectivity index (χ3n) is 3.25. The maximum Gasteiger partial charge on any atom is 0.120 e. The molecule has 0 saturated heterocycles. The Kier molecular flexibility index (Phi) is 7.61. The molecule has 1 rings (SSSR count). The van der Waals surface area contributed by atoms with Crippen molar-refractivity contribution in [3.8, 4) is 5.75 Å². The molecular formula is C18H31NOS. The number of thioether (sulfide) groups is 1. The molecule has 0 spiro atoms. The van der Waals surface area contributed by atoms with Crippen molar-refractivity contribution in [3.05, 3.63) is 29.3 Å². The summed E-state index contributed by atoms with van der Waals surface area (Å²) in [6, 6.07) is 6.57. The third kappa shape index (κ3) is 7.77. The quantitative estimate of drug-likeness (QED) is 0.643. The van der Waals surface area contributed by atoms with Gasteiger partial charge in [0.15, 0.2) is 0 Å². The van der Waals surface area contributed by atoms with Crippen LogP contribution in [0.2, 0.25) is 0 Å². The number of aryl methyl sites for hydroxylation is 1. The minimum atomic E-state index is -0.138. The molecule has 21 heavy (non-hydrogen) atoms. The molecule has 0 aliphatic carbocycles. The summed E-state index contributed by atoms with van der Waals surface area (Å²) < 4.78 is 5.99. The van der Waals surface area contributed by atoms with Gasteiger partial charge >= 0.3 is 0 Å². The number of nitrogens with zero attached hydrogens (tertiary/aromatic N) is 1. The van der Waals surface area contributed by atoms with Crippen molar-refractivity contribution in [2.75, 3.05) is 25.4 Å². The standard InChI is InChI=1S/C18H31NOS/c1-7-19(8-2)9-10-21-14-16-11-15(3)12-17(13-16)20-18(4,5)6/h11-13H,7-10,14H2,1-6H3. The van der Waals surface area contributed by atoms with Gasteiger partial charge in [-0.25, -0.2) is 0 Å². The van der Waals surface area contributed by atoms with Crippen molar-refractivity contribution in [1.82, 2.24) is 4.90 Å². The maximum absolute atomic E-state index is 5.99. The van der Waals surface area contributed by atoms with E-state index in [0.717, 1.165) is 24.6 Å². The van der Waals surface area contributed by atoms with Gasteiger partial charge in [-0.3, -0.25) is 0 Å². The van der Waals surface area contributed by atoms with Crippen molar-refractivity contribution in [3.63, 3.8) is 0 Å². The van der Waals surface area contributed by atoms with Gasteiger partial charge in [-0.2, -0.15) is 11.8 Å². The second kappa shape index (κ2) is 8.70. The normalized spacial score (nSPS) is 12.0. The molecule has 0 aliphatic heterocycles. The van der Waals surface area contributed by atoms with Crippen LogP contribution in [0, 0.1) is 6.92 Å². The molecule has 0 heterocycles. The second-order valence-corrected chi connectivity index (χ2v) is 7.55. The average Bonchev–Trinajstić information content (AvgIpc) is 2.36. The number of rotatable bonds is 8. The number of benzene rings is 1. The summed E-state index contributed by atoms with van der Waals surface area (Å²) in [5.74, 6) is 3.23. The van der Waals surface area contributed by atoms with Crippen molar-refractivity contribution < 1.29 is 4.74 Å². The average molecular weight is 310 g/mol. The molecule has 0 aromatic heterocycles. The molecule has 0 saturated carbocycles. The van der Waals surface area contributed by atoms with E-state index in [-0.39, 0.29) is 5.60 Å². The highest BCUT2D eigenvalue weighted by molar-refractivity contribution is 7.98. The first-order chi connectivity index (χ1) is 9.84. The van der Waals surface area contributed by atoms with E-state index in [4.69, 9.17) is 4.74 Å². The minimum Gasteiger partial charge on any atom is -0.488 e. The molecule has 0 aliphatic rings. The largest absolute Gasteiger partial charge is 0.488 e. The second-order valence-electron chi connectivity index (χ2n) is 6.45. The van der Waals surface area contributed by atoms with Crippen LogP contribution in [-0.2, 0) is 5.75 Å². The molecule has 1 aromatic rings. The van der Waals surface area contributed by atoms with Gasteiger partial charge in [0.2, 0.25) is 0 Å². The van der Waals surface area contributed by atoms with Crippen LogP contribution in [0.25, 0.3) is 0 Å². The molecule has 2 nitrogen and oxygen atoms in total. The molecule has 120 valence electrons. The zero-order valence-electron chi connectivity index (χ0n) is 14.5. The summed E-state index contributed by atoms with van der Waals surface area (Å²) >= 11 is 2.00. The Morgan fingerprint density at radius 3 is 2.33 bits per heavy atom. The molecular weight excluding hydrogens is 278 g/mol. The van der Waals surface area contributed by atoms with Gasteiger partial charge in [0.1, 0.15) is 11.4 Å². The van der Waals surface area contributed by atoms with Crippen LogP contribution in [0.4, 0.5) is 0 Å². The SMILES string of the molecule is CCN(CC)CCSCc1cc(C)cc(OC(C)(C)C)c1. The highest BCUT2D eigenvalue weighted by Crippen LogP contribution is 2.24. The fourth-order valence-electron chi connectivity index (χ4n) is 2.24. The monoisotopic (exact) mass is 309 g/mol. The Morgan fingerprint density at radius 1 is 1.10 bits per heavy atom. The van der Waals surface area contributed by atoms with E-state index in [2.05, 4.69) is 64.6 Å². The first-order valence-electron chi connectivity index (χ1n) is 7.93. The molecule has 0 N–H and O–H groups in total. The first kappa shape index (κ1) is 18.4. The summed E-state index contributed by atoms with van der Waals surface area (Å²) in [4.78, 5) is 2.47. The van der Waals surface area contributed by atoms with E-state index in [9.17, 15) is 0 Å². The minimum absolute atomic E-state index is 0.138. The Morgan fingerprint density at radius 2 is 1.76 bits per heavy atom. The Hall–Kier alpha value is -0.670. The fraction of sp³-hybridized carbons (Fsp3) is 0.667. The first-order valence-corrected chi connectivity index (χ1v) is 9.09. The van der Waals surface area contributed by atoms with Crippen LogP contribution in [0.5, 0.6) is 5.75 Å². The number of ether oxygens (including phenoxy) is 1. The predicted octanol–water partition coefficient (Wildman–Crippen LogP) is 4.75. The van der Waals surface area contributed by atoms with Gasteiger partial charge in [-0.1, -0.05) is 19.9 Å². The summed E-state index contributed by atoms with van der Waals surface area (Å²) in [6.07, 6.45) is 0. The highest BCUT2D eigenvalue weighted by atomic mass is 32.2. The summed E-state index contributed by atoms with van der Waals surface area (Å²) in [5.41, 5.74) is 2.50. The van der Waals surface area contributed by atoms with Gasteiger partial charge in [-0.05, 0) is 64.0 Å². The van der Waals surface area contributed by atoms with E-state index in [1.165, 1.54) is 23.4 Å². The molecule has 0 radical (unpaired) electrons. The van der Waals surface area contributed by atoms with Gasteiger partial charge in [0.25, 0.3) is 0 Å². The lowest BCUT2D eigenvalue weighted by atomic mass is 10.1. The smallest absolute Gasteiger partial charge is 0.120 e. The lowest BCUT2D eigenvalue weighted by molar-refractivity contribution is 0.131. The van der Waals surface area contributed by atoms with Gasteiger partial charge < -0.3 is 9.64 Å². The van der Waals surface area contributed by atoms with Crippen LogP contribution >= 0.6 is 11.8 Å². The molecule has 0 atom stereocenters. The van der Waals surface area contributed by atoms with E-state index < -0.39 is 0 Å². The number of hydrogen-bond acceptors (Lipinski definition) is 3. The fourth-order valence-corrected chi connectivity index (χ4v) is 3.18. The zero-order chi connectivity index (χ0) is 15.9. The lowest BCUT2D eigenvalue weighted by Crippen LogP contribution is -2.25. The van der Waals surface area contributed by atoms with E-state index >= 15 is 0 Å². The molecule has 0 amide bonds. The van der Waals surface area contributed by atoms with Crippen molar-refractivity contribution in [2.45, 2.75) is 52.9 Å². The van der Waals surface area contributed by atoms with Crippen LogP contribution in [0.15, 0.2) is 18.2 Å². The summed E-state index contributed by atoms with van der Waals surface area (Å²) in [5, 5.41) is 0. The van der Waals surface area contributed by atoms with Crippen LogP contribution in [0.3, 0.4) is 0 Å². The molecule has 3 heteroatoms. The maximum atomic E-state index is 5.99. The molecule has 0 bridgehead atoms. The van der Waals surface area contributed by atoms with Gasteiger partial charge in [0.05, 0.1) is 0 Å². The summed E-state index contributed by atoms with van der Waals surface area (Å²) in [6.45, 7) is 16.3. The molecule has 0 unspecified atom stereocenters. The van der Waals surface area contributed by atoms with Gasteiger partial charge in [0, 0.05) is 18.1 Å². The highest BCUT2D eigenvalue weighted by Gasteiger charge is 2.12. The van der Waals surface area contributed by atoms with E-state index in [1.54, 1.807) is 0 Å². The van der Waals surface area contributed by atoms with Gasteiger partial charge in [-0.15, -0.1) is 0 Å². The van der Waals surface area contributed by atoms with E-state index in [0.29, 0.717) is 0 Å². The predicted molar refractivity (Wildman–Crippen MR) is 95.5 cm³/mol. The molecule has 1 aromatic carbocycles. The Labute approximate surface area is 135 Å². The summed E-state index contributed by atoms with van der Waals surface area (Å²) in [7, 11) is 0. The number of hydrogen-bond donors (Lipinski definition) is 0. The van der Waals surface area contributed by atoms with Crippen LogP contribution in [0.1, 0.15) is 45.7 Å². The lowest BCUT2D eigenvalue weighted by Gasteiger charge is -2.22. The zero-order valence-corrected chi connectivity index (χ0v) is 15.3. The Balaban J connectivity index is 2.51. The van der Waals surface area contributed by atoms with Crippen LogP contribution in [-0.4, -0.2) is 35.9 Å².